The van der Waals surface area contributed by atoms with E-state index in [-0.39, 0.29) is 16.6 Å². The van der Waals surface area contributed by atoms with Crippen LogP contribution < -0.4 is 0 Å². The summed E-state index contributed by atoms with van der Waals surface area (Å²) < 4.78 is 0. The zero-order valence-corrected chi connectivity index (χ0v) is 12.0. The number of thioether (sulfide) groups is 1. The molecule has 0 aliphatic carbocycles. The van der Waals surface area contributed by atoms with Gasteiger partial charge in [0, 0.05) is 47.5 Å². The molecule has 0 spiro atoms. The molecule has 2 unspecified atom stereocenters. The zero-order valence-electron chi connectivity index (χ0n) is 11.1. The molecule has 7 nitrogen and oxygen atoms in total. The Morgan fingerprint density at radius 3 is 2.81 bits per heavy atom. The third-order valence-corrected chi connectivity index (χ3v) is 3.96. The van der Waals surface area contributed by atoms with Gasteiger partial charge < -0.3 is 15.2 Å². The minimum Gasteiger partial charge on any atom is -0.389 e. The summed E-state index contributed by atoms with van der Waals surface area (Å²) in [5, 5.41) is 31.2. The van der Waals surface area contributed by atoms with Gasteiger partial charge in [0.2, 0.25) is 0 Å². The molecule has 2 rings (SSSR count). The summed E-state index contributed by atoms with van der Waals surface area (Å²) >= 11 is 0.911. The van der Waals surface area contributed by atoms with Crippen LogP contribution in [0.3, 0.4) is 0 Å². The monoisotopic (exact) mass is 310 g/mol. The number of nitro groups is 1. The standard InChI is InChI=1S/C13H14N2O5S/c1-7(16)21-6-12(17)13(18)10-5-14-11-3-2-8(15(19)20)4-9(10)11/h2-5,12-14,17-18H,6H2,1H3. The molecule has 0 bridgehead atoms. The summed E-state index contributed by atoms with van der Waals surface area (Å²) in [6.45, 7) is 1.37. The average Bonchev–Trinajstić information content (AvgIpc) is 2.86. The third kappa shape index (κ3) is 3.41. The lowest BCUT2D eigenvalue weighted by Gasteiger charge is -2.16. The van der Waals surface area contributed by atoms with Crippen molar-refractivity contribution < 1.29 is 19.9 Å². The van der Waals surface area contributed by atoms with Crippen LogP contribution in [0.2, 0.25) is 0 Å². The van der Waals surface area contributed by atoms with Gasteiger partial charge in [-0.05, 0) is 6.07 Å². The van der Waals surface area contributed by atoms with E-state index in [1.54, 1.807) is 6.07 Å². The Kier molecular flexibility index (Phi) is 4.61. The molecule has 1 heterocycles. The van der Waals surface area contributed by atoms with Crippen LogP contribution in [0.15, 0.2) is 24.4 Å². The highest BCUT2D eigenvalue weighted by Gasteiger charge is 2.23. The first-order valence-corrected chi connectivity index (χ1v) is 7.13. The van der Waals surface area contributed by atoms with E-state index in [0.717, 1.165) is 11.8 Å². The summed E-state index contributed by atoms with van der Waals surface area (Å²) in [5.41, 5.74) is 0.898. The van der Waals surface area contributed by atoms with E-state index in [1.165, 1.54) is 25.3 Å². The van der Waals surface area contributed by atoms with E-state index >= 15 is 0 Å². The summed E-state index contributed by atoms with van der Waals surface area (Å²) in [6, 6.07) is 4.24. The summed E-state index contributed by atoms with van der Waals surface area (Å²) in [4.78, 5) is 24.0. The number of aliphatic hydroxyl groups is 2. The summed E-state index contributed by atoms with van der Waals surface area (Å²) in [6.07, 6.45) is -0.870. The van der Waals surface area contributed by atoms with Gasteiger partial charge in [0.1, 0.15) is 6.10 Å². The van der Waals surface area contributed by atoms with Crippen molar-refractivity contribution in [3.8, 4) is 0 Å². The number of fused-ring (bicyclic) bond motifs is 1. The molecular formula is C13H14N2O5S. The Bertz CT molecular complexity index is 684. The van der Waals surface area contributed by atoms with Crippen LogP contribution in [0.25, 0.3) is 10.9 Å². The third-order valence-electron chi connectivity index (χ3n) is 3.05. The van der Waals surface area contributed by atoms with Gasteiger partial charge in [-0.15, -0.1) is 0 Å². The molecule has 2 atom stereocenters. The van der Waals surface area contributed by atoms with Gasteiger partial charge in [-0.3, -0.25) is 14.9 Å². The second kappa shape index (κ2) is 6.25. The molecule has 8 heteroatoms. The number of nitrogens with zero attached hydrogens (tertiary/aromatic N) is 1. The molecule has 0 amide bonds. The minimum atomic E-state index is -1.23. The van der Waals surface area contributed by atoms with Crippen molar-refractivity contribution >= 4 is 33.5 Å². The van der Waals surface area contributed by atoms with E-state index in [9.17, 15) is 25.1 Å². The smallest absolute Gasteiger partial charge is 0.270 e. The van der Waals surface area contributed by atoms with E-state index in [0.29, 0.717) is 16.5 Å². The summed E-state index contributed by atoms with van der Waals surface area (Å²) in [5.74, 6) is 0.0537. The predicted octanol–water partition coefficient (Wildman–Crippen LogP) is 1.75. The molecule has 1 aromatic carbocycles. The first-order chi connectivity index (χ1) is 9.90. The Morgan fingerprint density at radius 1 is 1.48 bits per heavy atom. The van der Waals surface area contributed by atoms with Crippen LogP contribution in [-0.2, 0) is 4.79 Å². The predicted molar refractivity (Wildman–Crippen MR) is 79.1 cm³/mol. The van der Waals surface area contributed by atoms with Crippen LogP contribution >= 0.6 is 11.8 Å². The number of non-ortho nitro benzene ring substituents is 1. The van der Waals surface area contributed by atoms with Gasteiger partial charge in [-0.1, -0.05) is 11.8 Å². The fourth-order valence-electron chi connectivity index (χ4n) is 1.99. The van der Waals surface area contributed by atoms with Gasteiger partial charge in [0.05, 0.1) is 11.0 Å². The molecule has 112 valence electrons. The van der Waals surface area contributed by atoms with E-state index in [4.69, 9.17) is 0 Å². The number of aliphatic hydroxyl groups excluding tert-OH is 2. The van der Waals surface area contributed by atoms with Crippen LogP contribution in [0.1, 0.15) is 18.6 Å². The van der Waals surface area contributed by atoms with Gasteiger partial charge in [-0.2, -0.15) is 0 Å². The Labute approximate surface area is 124 Å². The normalized spacial score (nSPS) is 14.0. The molecule has 2 aromatic rings. The first-order valence-electron chi connectivity index (χ1n) is 6.15. The van der Waals surface area contributed by atoms with Gasteiger partial charge in [0.25, 0.3) is 5.69 Å². The topological polar surface area (TPSA) is 116 Å². The fourth-order valence-corrected chi connectivity index (χ4v) is 2.58. The lowest BCUT2D eigenvalue weighted by Crippen LogP contribution is -2.21. The molecule has 0 fully saturated rings. The summed E-state index contributed by atoms with van der Waals surface area (Å²) in [7, 11) is 0. The molecule has 3 N–H and O–H groups in total. The zero-order chi connectivity index (χ0) is 15.6. The highest BCUT2D eigenvalue weighted by Crippen LogP contribution is 2.30. The number of hydrogen-bond acceptors (Lipinski definition) is 6. The maximum Gasteiger partial charge on any atom is 0.270 e. The molecule has 21 heavy (non-hydrogen) atoms. The molecular weight excluding hydrogens is 296 g/mol. The van der Waals surface area contributed by atoms with Gasteiger partial charge >= 0.3 is 0 Å². The van der Waals surface area contributed by atoms with Crippen molar-refractivity contribution in [2.75, 3.05) is 5.75 Å². The molecule has 0 saturated heterocycles. The van der Waals surface area contributed by atoms with Crippen molar-refractivity contribution in [2.45, 2.75) is 19.1 Å². The lowest BCUT2D eigenvalue weighted by molar-refractivity contribution is -0.384. The molecule has 0 saturated carbocycles. The van der Waals surface area contributed by atoms with E-state index in [2.05, 4.69) is 4.98 Å². The molecule has 1 aromatic heterocycles. The molecule has 0 aliphatic heterocycles. The van der Waals surface area contributed by atoms with Crippen molar-refractivity contribution in [3.63, 3.8) is 0 Å². The van der Waals surface area contributed by atoms with E-state index < -0.39 is 17.1 Å². The number of hydrogen-bond donors (Lipinski definition) is 3. The van der Waals surface area contributed by atoms with Crippen LogP contribution in [0.4, 0.5) is 5.69 Å². The second-order valence-corrected chi connectivity index (χ2v) is 5.74. The number of benzene rings is 1. The highest BCUT2D eigenvalue weighted by molar-refractivity contribution is 8.13. The van der Waals surface area contributed by atoms with Crippen LogP contribution in [-0.4, -0.2) is 37.1 Å². The number of nitro benzene ring substituents is 1. The Morgan fingerprint density at radius 2 is 2.19 bits per heavy atom. The van der Waals surface area contributed by atoms with Gasteiger partial charge in [0.15, 0.2) is 5.12 Å². The SMILES string of the molecule is CC(=O)SCC(O)C(O)c1c[nH]c2ccc([N+](=O)[O-])cc12. The van der Waals surface area contributed by atoms with E-state index in [1.807, 2.05) is 0 Å². The van der Waals surface area contributed by atoms with Gasteiger partial charge in [-0.25, -0.2) is 0 Å². The number of carbonyl (C=O) groups is 1. The number of carbonyl (C=O) groups excluding carboxylic acids is 1. The van der Waals surface area contributed by atoms with Crippen LogP contribution in [0, 0.1) is 10.1 Å². The van der Waals surface area contributed by atoms with Crippen molar-refractivity contribution in [1.82, 2.24) is 4.98 Å². The highest BCUT2D eigenvalue weighted by atomic mass is 32.2. The number of rotatable bonds is 5. The van der Waals surface area contributed by atoms with Crippen LogP contribution in [0.5, 0.6) is 0 Å². The first kappa shape index (κ1) is 15.5. The van der Waals surface area contributed by atoms with Crippen molar-refractivity contribution in [2.24, 2.45) is 0 Å². The fraction of sp³-hybridized carbons (Fsp3) is 0.308. The number of aromatic nitrogens is 1. The number of H-pyrrole nitrogens is 1. The quantitative estimate of drug-likeness (QED) is 0.572. The van der Waals surface area contributed by atoms with Crippen molar-refractivity contribution in [3.05, 3.63) is 40.1 Å². The molecule has 0 radical (unpaired) electrons. The minimum absolute atomic E-state index is 0.0537. The Balaban J connectivity index is 2.30. The van der Waals surface area contributed by atoms with Crippen molar-refractivity contribution in [1.29, 1.82) is 0 Å². The maximum absolute atomic E-state index is 10.9. The number of nitrogens with one attached hydrogen (secondary N) is 1. The second-order valence-electron chi connectivity index (χ2n) is 4.55. The molecule has 0 aliphatic rings. The number of aromatic amines is 1. The Hall–Kier alpha value is -1.90. The lowest BCUT2D eigenvalue weighted by atomic mass is 10.0. The maximum atomic E-state index is 10.9. The largest absolute Gasteiger partial charge is 0.389 e. The average molecular weight is 310 g/mol.